The fourth-order valence-electron chi connectivity index (χ4n) is 5.63. The standard InChI is InChI=1S/C36H63N6O6P/c1-4-7-28-49(29-8-5-2,30-9-6-3)36(48)42(27-21-15-13-18-24-39-33-45)35(47)41(26-20-14-12-17-23-38-32-44)34(46)40-25-19-11-10-16-22-37-31-43/h4-30H2,1-3H3. The van der Waals surface area contributed by atoms with E-state index >= 15 is 0 Å². The number of urea groups is 1. The van der Waals surface area contributed by atoms with Crippen LogP contribution in [0.15, 0.2) is 20.0 Å². The zero-order valence-corrected chi connectivity index (χ0v) is 31.6. The first-order valence-electron chi connectivity index (χ1n) is 18.7. The van der Waals surface area contributed by atoms with E-state index in [4.69, 9.17) is 0 Å². The Morgan fingerprint density at radius 3 is 1.29 bits per heavy atom. The van der Waals surface area contributed by atoms with Gasteiger partial charge in [-0.15, -0.1) is 0 Å². The second-order valence-corrected chi connectivity index (χ2v) is 16.6. The highest BCUT2D eigenvalue weighted by molar-refractivity contribution is 7.90. The molecule has 0 aromatic heterocycles. The number of hydrogen-bond acceptors (Lipinski definition) is 10. The Morgan fingerprint density at radius 1 is 0.531 bits per heavy atom. The van der Waals surface area contributed by atoms with E-state index in [9.17, 15) is 29.1 Å². The van der Waals surface area contributed by atoms with Gasteiger partial charge in [-0.05, 0) is 57.8 Å². The molecule has 0 atom stereocenters. The first-order chi connectivity index (χ1) is 23.9. The van der Waals surface area contributed by atoms with Crippen LogP contribution in [0, 0.1) is 0 Å². The summed E-state index contributed by atoms with van der Waals surface area (Å²) in [6, 6.07) is -1.19. The van der Waals surface area contributed by atoms with E-state index in [-0.39, 0.29) is 25.3 Å². The van der Waals surface area contributed by atoms with Gasteiger partial charge in [0.25, 0.3) is 0 Å². The minimum absolute atomic E-state index is 0.0686. The van der Waals surface area contributed by atoms with Crippen LogP contribution in [0.3, 0.4) is 0 Å². The van der Waals surface area contributed by atoms with Gasteiger partial charge in [-0.3, -0.25) is 9.89 Å². The number of imide groups is 1. The van der Waals surface area contributed by atoms with Gasteiger partial charge in [0.1, 0.15) is 7.26 Å². The highest BCUT2D eigenvalue weighted by Crippen LogP contribution is 2.62. The topological polar surface area (TPSA) is 164 Å². The van der Waals surface area contributed by atoms with E-state index in [1.54, 1.807) is 12.2 Å². The smallest absolute Gasteiger partial charge is 0.369 e. The van der Waals surface area contributed by atoms with Crippen molar-refractivity contribution in [1.29, 1.82) is 0 Å². The maximum absolute atomic E-state index is 14.8. The fourth-order valence-corrected chi connectivity index (χ4v) is 10.3. The quantitative estimate of drug-likeness (QED) is 0.0236. The maximum Gasteiger partial charge on any atom is 0.369 e. The van der Waals surface area contributed by atoms with Crippen molar-refractivity contribution in [3.63, 3.8) is 0 Å². The molecule has 0 bridgehead atoms. The molecule has 49 heavy (non-hydrogen) atoms. The minimum Gasteiger partial charge on any atom is -0.846 e. The van der Waals surface area contributed by atoms with Crippen LogP contribution in [0.25, 0.3) is 0 Å². The average molecular weight is 707 g/mol. The Kier molecular flexibility index (Phi) is 30.2. The first-order valence-corrected chi connectivity index (χ1v) is 21.0. The van der Waals surface area contributed by atoms with Crippen LogP contribution < -0.4 is 5.11 Å². The Bertz CT molecular complexity index is 1050. The SMILES string of the molecule is CCCC[P+](CCCC)(CCCC)C(=O)N(CCCCCCN=C=O)C(=O)N(CCCCCCN=C=O)C([O-])=NCCCCCCN=C=O. The molecule has 0 N–H and O–H groups in total. The molecule has 3 amide bonds. The van der Waals surface area contributed by atoms with Gasteiger partial charge < -0.3 is 5.11 Å². The van der Waals surface area contributed by atoms with Gasteiger partial charge in [0.2, 0.25) is 18.2 Å². The van der Waals surface area contributed by atoms with Crippen LogP contribution >= 0.6 is 7.26 Å². The second kappa shape index (κ2) is 32.2. The summed E-state index contributed by atoms with van der Waals surface area (Å²) < 4.78 is 0. The summed E-state index contributed by atoms with van der Waals surface area (Å²) in [4.78, 5) is 77.9. The summed E-state index contributed by atoms with van der Waals surface area (Å²) in [5, 5.41) is 13.6. The molecule has 13 heteroatoms. The molecule has 0 aliphatic heterocycles. The number of aliphatic imine (C=N–C) groups is 4. The highest BCUT2D eigenvalue weighted by Gasteiger charge is 2.49. The third kappa shape index (κ3) is 21.6. The number of carbonyl (C=O) groups excluding carboxylic acids is 5. The number of amides is 3. The van der Waals surface area contributed by atoms with Crippen LogP contribution in [-0.2, 0) is 14.4 Å². The van der Waals surface area contributed by atoms with Gasteiger partial charge in [-0.1, -0.05) is 78.6 Å². The van der Waals surface area contributed by atoms with Crippen molar-refractivity contribution in [2.75, 3.05) is 57.8 Å². The van der Waals surface area contributed by atoms with E-state index in [1.165, 1.54) is 15.9 Å². The first kappa shape index (κ1) is 46.0. The van der Waals surface area contributed by atoms with Crippen LogP contribution in [-0.4, -0.2) is 103 Å². The number of nitrogens with zero attached hydrogens (tertiary/aromatic N) is 6. The second-order valence-electron chi connectivity index (χ2n) is 12.6. The van der Waals surface area contributed by atoms with Gasteiger partial charge >= 0.3 is 11.7 Å². The molecule has 0 radical (unpaired) electrons. The van der Waals surface area contributed by atoms with E-state index in [1.807, 2.05) is 0 Å². The predicted molar refractivity (Wildman–Crippen MR) is 197 cm³/mol. The van der Waals surface area contributed by atoms with E-state index in [0.29, 0.717) is 45.3 Å². The normalized spacial score (nSPS) is 11.3. The van der Waals surface area contributed by atoms with Gasteiger partial charge in [0.15, 0.2) is 0 Å². The third-order valence-corrected chi connectivity index (χ3v) is 13.1. The van der Waals surface area contributed by atoms with Crippen molar-refractivity contribution in [3.05, 3.63) is 0 Å². The molecule has 0 rings (SSSR count). The number of carbonyl (C=O) groups is 2. The number of unbranched alkanes of at least 4 members (excludes halogenated alkanes) is 12. The Hall–Kier alpha value is -3.02. The van der Waals surface area contributed by atoms with Gasteiger partial charge in [-0.2, -0.15) is 0 Å². The summed E-state index contributed by atoms with van der Waals surface area (Å²) in [7, 11) is -2.21. The largest absolute Gasteiger partial charge is 0.846 e. The summed E-state index contributed by atoms with van der Waals surface area (Å²) in [6.45, 7) is 8.26. The summed E-state index contributed by atoms with van der Waals surface area (Å²) >= 11 is 0. The maximum atomic E-state index is 14.8. The molecule has 0 aromatic rings. The fraction of sp³-hybridized carbons (Fsp3) is 0.833. The molecular weight excluding hydrogens is 643 g/mol. The molecule has 12 nitrogen and oxygen atoms in total. The Balaban J connectivity index is 6.31. The molecular formula is C36H63N6O6P. The zero-order chi connectivity index (χ0) is 36.4. The van der Waals surface area contributed by atoms with E-state index in [0.717, 1.165) is 108 Å². The van der Waals surface area contributed by atoms with Crippen molar-refractivity contribution >= 4 is 43.2 Å². The third-order valence-electron chi connectivity index (χ3n) is 8.57. The van der Waals surface area contributed by atoms with Crippen molar-refractivity contribution in [2.24, 2.45) is 20.0 Å². The molecule has 0 aromatic carbocycles. The predicted octanol–water partition coefficient (Wildman–Crippen LogP) is 7.65. The van der Waals surface area contributed by atoms with Gasteiger partial charge in [0.05, 0.1) is 44.1 Å². The van der Waals surface area contributed by atoms with Crippen LogP contribution in [0.1, 0.15) is 136 Å². The molecule has 0 unspecified atom stereocenters. The molecule has 0 spiro atoms. The van der Waals surface area contributed by atoms with E-state index < -0.39 is 19.3 Å². The van der Waals surface area contributed by atoms with Crippen LogP contribution in [0.2, 0.25) is 0 Å². The molecule has 0 saturated carbocycles. The lowest BCUT2D eigenvalue weighted by atomic mass is 10.2. The number of isocyanates is 3. The number of hydrogen-bond donors (Lipinski definition) is 0. The molecule has 0 saturated heterocycles. The molecule has 0 fully saturated rings. The molecule has 278 valence electrons. The van der Waals surface area contributed by atoms with Gasteiger partial charge in [0, 0.05) is 19.6 Å². The van der Waals surface area contributed by atoms with Crippen molar-refractivity contribution in [2.45, 2.75) is 136 Å². The van der Waals surface area contributed by atoms with E-state index in [2.05, 4.69) is 40.7 Å². The van der Waals surface area contributed by atoms with Crippen molar-refractivity contribution < 1.29 is 29.1 Å². The van der Waals surface area contributed by atoms with Gasteiger partial charge in [-0.25, -0.2) is 43.8 Å². The van der Waals surface area contributed by atoms with Crippen molar-refractivity contribution in [1.82, 2.24) is 9.80 Å². The van der Waals surface area contributed by atoms with Crippen LogP contribution in [0.4, 0.5) is 9.59 Å². The summed E-state index contributed by atoms with van der Waals surface area (Å²) in [6.07, 6.45) is 21.5. The summed E-state index contributed by atoms with van der Waals surface area (Å²) in [5.74, 6) is 0. The number of amidine groups is 1. The Labute approximate surface area is 295 Å². The average Bonchev–Trinajstić information content (AvgIpc) is 3.11. The molecule has 0 aliphatic carbocycles. The monoisotopic (exact) mass is 706 g/mol. The molecule has 0 aliphatic rings. The Morgan fingerprint density at radius 2 is 0.898 bits per heavy atom. The lowest BCUT2D eigenvalue weighted by Gasteiger charge is -2.35. The zero-order valence-electron chi connectivity index (χ0n) is 30.7. The highest BCUT2D eigenvalue weighted by atomic mass is 31.2. The minimum atomic E-state index is -2.21. The van der Waals surface area contributed by atoms with Crippen LogP contribution in [0.5, 0.6) is 0 Å². The van der Waals surface area contributed by atoms with Crippen molar-refractivity contribution in [3.8, 4) is 0 Å². The summed E-state index contributed by atoms with van der Waals surface area (Å²) in [5.41, 5.74) is -0.0686. The lowest BCUT2D eigenvalue weighted by molar-refractivity contribution is -0.232. The molecule has 0 heterocycles. The number of rotatable bonds is 31. The lowest BCUT2D eigenvalue weighted by Crippen LogP contribution is -2.53.